The number of hydrogen-bond donors (Lipinski definition) is 1. The second kappa shape index (κ2) is 5.58. The van der Waals surface area contributed by atoms with E-state index in [9.17, 15) is 18.0 Å². The minimum absolute atomic E-state index is 0.0312. The Kier molecular flexibility index (Phi) is 3.46. The Bertz CT molecular complexity index is 1190. The predicted octanol–water partition coefficient (Wildman–Crippen LogP) is 2.69. The van der Waals surface area contributed by atoms with Crippen molar-refractivity contribution < 1.29 is 13.2 Å². The molecular formula is C17H12F3N5O. The summed E-state index contributed by atoms with van der Waals surface area (Å²) < 4.78 is 41.8. The van der Waals surface area contributed by atoms with Crippen molar-refractivity contribution in [3.8, 4) is 0 Å². The Morgan fingerprint density at radius 1 is 1.04 bits per heavy atom. The summed E-state index contributed by atoms with van der Waals surface area (Å²) in [5.41, 5.74) is 5.52. The van der Waals surface area contributed by atoms with Gasteiger partial charge in [0.1, 0.15) is 0 Å². The molecule has 0 aliphatic heterocycles. The lowest BCUT2D eigenvalue weighted by Gasteiger charge is -2.11. The van der Waals surface area contributed by atoms with Gasteiger partial charge in [-0.3, -0.25) is 0 Å². The number of nitrogen functional groups attached to an aromatic ring is 1. The van der Waals surface area contributed by atoms with Crippen LogP contribution in [0.2, 0.25) is 0 Å². The lowest BCUT2D eigenvalue weighted by atomic mass is 10.1. The zero-order valence-corrected chi connectivity index (χ0v) is 13.2. The number of para-hydroxylation sites is 2. The van der Waals surface area contributed by atoms with Gasteiger partial charge in [0.05, 0.1) is 23.1 Å². The third-order valence-electron chi connectivity index (χ3n) is 4.07. The Labute approximate surface area is 144 Å². The number of hydrogen-bond acceptors (Lipinski definition) is 4. The molecule has 2 aromatic carbocycles. The summed E-state index contributed by atoms with van der Waals surface area (Å²) in [7, 11) is 0. The van der Waals surface area contributed by atoms with Gasteiger partial charge >= 0.3 is 11.9 Å². The number of nitrogens with two attached hydrogens (primary N) is 1. The average molecular weight is 359 g/mol. The molecule has 2 heterocycles. The standard InChI is InChI=1S/C17H12F3N5O/c18-17(19,20)11-6-2-1-5-10(11)9-24-16(26)25-13-8-4-3-7-12(13)22-14(21)15(25)23-24/h1-8H,9H2,(H2,21,22). The van der Waals surface area contributed by atoms with E-state index in [4.69, 9.17) is 5.73 Å². The Morgan fingerprint density at radius 3 is 2.50 bits per heavy atom. The minimum Gasteiger partial charge on any atom is -0.381 e. The summed E-state index contributed by atoms with van der Waals surface area (Å²) in [6, 6.07) is 11.9. The van der Waals surface area contributed by atoms with Crippen molar-refractivity contribution >= 4 is 22.5 Å². The summed E-state index contributed by atoms with van der Waals surface area (Å²) in [6.07, 6.45) is -4.52. The lowest BCUT2D eigenvalue weighted by Crippen LogP contribution is -2.23. The van der Waals surface area contributed by atoms with Crippen LogP contribution < -0.4 is 11.4 Å². The topological polar surface area (TPSA) is 78.2 Å². The lowest BCUT2D eigenvalue weighted by molar-refractivity contribution is -0.138. The van der Waals surface area contributed by atoms with Gasteiger partial charge in [0.25, 0.3) is 0 Å². The highest BCUT2D eigenvalue weighted by molar-refractivity contribution is 5.81. The first-order valence-corrected chi connectivity index (χ1v) is 7.65. The molecule has 0 amide bonds. The van der Waals surface area contributed by atoms with Crippen LogP contribution in [-0.4, -0.2) is 19.2 Å². The summed E-state index contributed by atoms with van der Waals surface area (Å²) in [5.74, 6) is 0.0312. The van der Waals surface area contributed by atoms with Crippen molar-refractivity contribution in [3.63, 3.8) is 0 Å². The zero-order chi connectivity index (χ0) is 18.5. The third kappa shape index (κ3) is 2.48. The van der Waals surface area contributed by atoms with Crippen LogP contribution in [0.25, 0.3) is 16.7 Å². The van der Waals surface area contributed by atoms with Gasteiger partial charge in [-0.2, -0.15) is 13.2 Å². The van der Waals surface area contributed by atoms with Crippen LogP contribution in [-0.2, 0) is 12.7 Å². The Hall–Kier alpha value is -3.36. The molecule has 132 valence electrons. The maximum Gasteiger partial charge on any atom is 0.416 e. The first kappa shape index (κ1) is 16.1. The first-order chi connectivity index (χ1) is 12.4. The molecular weight excluding hydrogens is 347 g/mol. The average Bonchev–Trinajstić information content (AvgIpc) is 2.92. The van der Waals surface area contributed by atoms with Gasteiger partial charge < -0.3 is 5.73 Å². The van der Waals surface area contributed by atoms with Crippen LogP contribution in [0.1, 0.15) is 11.1 Å². The van der Waals surface area contributed by atoms with Gasteiger partial charge in [-0.1, -0.05) is 30.3 Å². The van der Waals surface area contributed by atoms with Crippen molar-refractivity contribution in [1.82, 2.24) is 19.2 Å². The summed E-state index contributed by atoms with van der Waals surface area (Å²) in [6.45, 7) is -0.329. The normalized spacial score (nSPS) is 12.1. The highest BCUT2D eigenvalue weighted by Crippen LogP contribution is 2.32. The molecule has 0 fully saturated rings. The molecule has 0 atom stereocenters. The van der Waals surface area contributed by atoms with Gasteiger partial charge in [0.2, 0.25) is 5.65 Å². The van der Waals surface area contributed by atoms with Crippen LogP contribution in [0, 0.1) is 0 Å². The van der Waals surface area contributed by atoms with E-state index in [0.29, 0.717) is 11.0 Å². The van der Waals surface area contributed by atoms with Crippen LogP contribution in [0.3, 0.4) is 0 Å². The molecule has 0 unspecified atom stereocenters. The highest BCUT2D eigenvalue weighted by Gasteiger charge is 2.33. The molecule has 2 N–H and O–H groups in total. The predicted molar refractivity (Wildman–Crippen MR) is 89.7 cm³/mol. The van der Waals surface area contributed by atoms with E-state index in [0.717, 1.165) is 10.7 Å². The van der Waals surface area contributed by atoms with Gasteiger partial charge in [-0.15, -0.1) is 5.10 Å². The third-order valence-corrected chi connectivity index (χ3v) is 4.07. The smallest absolute Gasteiger partial charge is 0.381 e. The van der Waals surface area contributed by atoms with Crippen molar-refractivity contribution in [2.24, 2.45) is 0 Å². The van der Waals surface area contributed by atoms with Crippen molar-refractivity contribution in [1.29, 1.82) is 0 Å². The SMILES string of the molecule is Nc1nc2ccccc2n2c(=O)n(Cc3ccccc3C(F)(F)F)nc12. The summed E-state index contributed by atoms with van der Waals surface area (Å²) >= 11 is 0. The zero-order valence-electron chi connectivity index (χ0n) is 13.2. The number of rotatable bonds is 2. The van der Waals surface area contributed by atoms with E-state index in [1.807, 2.05) is 0 Å². The van der Waals surface area contributed by atoms with E-state index in [1.165, 1.54) is 22.6 Å². The number of alkyl halides is 3. The van der Waals surface area contributed by atoms with Gasteiger partial charge in [0, 0.05) is 0 Å². The van der Waals surface area contributed by atoms with Crippen LogP contribution in [0.15, 0.2) is 53.3 Å². The minimum atomic E-state index is -4.52. The maximum atomic E-state index is 13.2. The molecule has 0 aliphatic carbocycles. The molecule has 2 aromatic heterocycles. The van der Waals surface area contributed by atoms with E-state index < -0.39 is 17.4 Å². The summed E-state index contributed by atoms with van der Waals surface area (Å²) in [4.78, 5) is 16.9. The number of halogens is 3. The number of aromatic nitrogens is 4. The Balaban J connectivity index is 1.93. The van der Waals surface area contributed by atoms with Gasteiger partial charge in [-0.05, 0) is 23.8 Å². The van der Waals surface area contributed by atoms with Crippen LogP contribution in [0.4, 0.5) is 19.0 Å². The fraction of sp³-hybridized carbons (Fsp3) is 0.118. The van der Waals surface area contributed by atoms with Crippen molar-refractivity contribution in [3.05, 3.63) is 70.1 Å². The second-order valence-corrected chi connectivity index (χ2v) is 5.74. The van der Waals surface area contributed by atoms with Gasteiger partial charge in [-0.25, -0.2) is 18.9 Å². The van der Waals surface area contributed by atoms with Gasteiger partial charge in [0.15, 0.2) is 5.82 Å². The number of fused-ring (bicyclic) bond motifs is 3. The largest absolute Gasteiger partial charge is 0.416 e. The maximum absolute atomic E-state index is 13.2. The molecule has 0 radical (unpaired) electrons. The molecule has 0 bridgehead atoms. The number of anilines is 1. The molecule has 4 rings (SSSR count). The first-order valence-electron chi connectivity index (χ1n) is 7.65. The molecule has 0 spiro atoms. The Morgan fingerprint density at radius 2 is 1.73 bits per heavy atom. The molecule has 4 aromatic rings. The molecule has 0 aliphatic rings. The van der Waals surface area contributed by atoms with Crippen LogP contribution >= 0.6 is 0 Å². The van der Waals surface area contributed by atoms with Crippen LogP contribution in [0.5, 0.6) is 0 Å². The molecule has 0 saturated carbocycles. The quantitative estimate of drug-likeness (QED) is 0.597. The molecule has 0 saturated heterocycles. The fourth-order valence-corrected chi connectivity index (χ4v) is 2.92. The molecule has 26 heavy (non-hydrogen) atoms. The van der Waals surface area contributed by atoms with E-state index in [-0.39, 0.29) is 23.6 Å². The number of nitrogens with zero attached hydrogens (tertiary/aromatic N) is 4. The molecule has 9 heteroatoms. The van der Waals surface area contributed by atoms with E-state index in [2.05, 4.69) is 10.1 Å². The fourth-order valence-electron chi connectivity index (χ4n) is 2.92. The monoisotopic (exact) mass is 359 g/mol. The highest BCUT2D eigenvalue weighted by atomic mass is 19.4. The van der Waals surface area contributed by atoms with Crippen molar-refractivity contribution in [2.75, 3.05) is 5.73 Å². The van der Waals surface area contributed by atoms with E-state index in [1.54, 1.807) is 24.3 Å². The second-order valence-electron chi connectivity index (χ2n) is 5.74. The molecule has 6 nitrogen and oxygen atoms in total. The van der Waals surface area contributed by atoms with Crippen molar-refractivity contribution in [2.45, 2.75) is 12.7 Å². The summed E-state index contributed by atoms with van der Waals surface area (Å²) in [5, 5.41) is 4.09. The van der Waals surface area contributed by atoms with E-state index >= 15 is 0 Å². The number of benzene rings is 2.